The van der Waals surface area contributed by atoms with E-state index in [4.69, 9.17) is 10.1 Å². The smallest absolute Gasteiger partial charge is 0.136 e. The van der Waals surface area contributed by atoms with E-state index in [0.29, 0.717) is 6.42 Å². The second kappa shape index (κ2) is 8.78. The number of benzene rings is 1. The van der Waals surface area contributed by atoms with E-state index in [1.54, 1.807) is 12.4 Å². The van der Waals surface area contributed by atoms with Crippen LogP contribution in [0.25, 0.3) is 22.2 Å². The lowest BCUT2D eigenvalue weighted by Gasteiger charge is -2.28. The first-order valence-corrected chi connectivity index (χ1v) is 11.4. The van der Waals surface area contributed by atoms with Gasteiger partial charge in [0.1, 0.15) is 16.5 Å². The molecule has 4 rings (SSSR count). The zero-order chi connectivity index (χ0) is 22.0. The van der Waals surface area contributed by atoms with Gasteiger partial charge in [-0.1, -0.05) is 24.3 Å². The monoisotopic (exact) mass is 433 g/mol. The predicted octanol–water partition coefficient (Wildman–Crippen LogP) is 4.37. The Morgan fingerprint density at radius 3 is 2.48 bits per heavy atom. The van der Waals surface area contributed by atoms with Crippen molar-refractivity contribution in [2.75, 3.05) is 0 Å². The molecule has 0 aliphatic heterocycles. The summed E-state index contributed by atoms with van der Waals surface area (Å²) in [7, 11) is 1.94. The molecule has 7 heteroatoms. The third kappa shape index (κ3) is 4.63. The molecule has 1 aromatic carbocycles. The van der Waals surface area contributed by atoms with Crippen molar-refractivity contribution in [2.45, 2.75) is 38.0 Å². The Morgan fingerprint density at radius 1 is 1.00 bits per heavy atom. The molecule has 0 fully saturated rings. The average molecular weight is 434 g/mol. The van der Waals surface area contributed by atoms with Crippen molar-refractivity contribution in [3.05, 3.63) is 78.4 Å². The molecule has 0 bridgehead atoms. The number of pyridine rings is 2. The van der Waals surface area contributed by atoms with Crippen molar-refractivity contribution >= 4 is 22.3 Å². The van der Waals surface area contributed by atoms with Gasteiger partial charge in [0.15, 0.2) is 0 Å². The summed E-state index contributed by atoms with van der Waals surface area (Å²) in [6.45, 7) is 5.87. The molecule has 0 spiro atoms. The van der Waals surface area contributed by atoms with Crippen molar-refractivity contribution in [1.29, 1.82) is 0 Å². The van der Waals surface area contributed by atoms with Crippen LogP contribution in [0.5, 0.6) is 0 Å². The van der Waals surface area contributed by atoms with E-state index in [9.17, 15) is 4.55 Å². The fourth-order valence-electron chi connectivity index (χ4n) is 3.54. The molecule has 0 saturated carbocycles. The summed E-state index contributed by atoms with van der Waals surface area (Å²) in [5.74, 6) is 0. The summed E-state index contributed by atoms with van der Waals surface area (Å²) in [5, 5.41) is 5.86. The summed E-state index contributed by atoms with van der Waals surface area (Å²) in [4.78, 5) is 9.21. The van der Waals surface area contributed by atoms with Crippen LogP contribution in [0.15, 0.2) is 67.0 Å². The third-order valence-electron chi connectivity index (χ3n) is 5.13. The Balaban J connectivity index is 1.82. The van der Waals surface area contributed by atoms with E-state index in [2.05, 4.69) is 21.8 Å². The summed E-state index contributed by atoms with van der Waals surface area (Å²) in [6.07, 6.45) is 4.12. The van der Waals surface area contributed by atoms with Crippen LogP contribution >= 0.6 is 0 Å². The molecule has 0 saturated heterocycles. The van der Waals surface area contributed by atoms with E-state index in [-0.39, 0.29) is 6.04 Å². The Morgan fingerprint density at radius 2 is 1.74 bits per heavy atom. The standard InChI is InChI=1S/C24H27N5OS/c1-24(2,3)31(30)28-20(16-17-10-7-8-14-25-17)23-19(12-9-15-26-23)22-18-11-5-6-13-21(18)29(4)27-22/h5-15,20,28H,16H2,1-4H3/t20-,31-/m0/s1. The van der Waals surface area contributed by atoms with Crippen molar-refractivity contribution in [3.8, 4) is 11.3 Å². The maximum atomic E-state index is 13.0. The maximum absolute atomic E-state index is 13.0. The quantitative estimate of drug-likeness (QED) is 0.457. The molecule has 0 radical (unpaired) electrons. The van der Waals surface area contributed by atoms with Crippen molar-refractivity contribution in [3.63, 3.8) is 0 Å². The second-order valence-corrected chi connectivity index (χ2v) is 10.5. The zero-order valence-corrected chi connectivity index (χ0v) is 19.1. The number of fused-ring (bicyclic) bond motifs is 1. The highest BCUT2D eigenvalue weighted by atomic mass is 32.2. The molecule has 0 unspecified atom stereocenters. The van der Waals surface area contributed by atoms with E-state index >= 15 is 0 Å². The largest absolute Gasteiger partial charge is 0.598 e. The summed E-state index contributed by atoms with van der Waals surface area (Å²) >= 11 is -1.27. The van der Waals surface area contributed by atoms with Gasteiger partial charge in [-0.15, -0.1) is 4.72 Å². The first kappa shape index (κ1) is 21.5. The van der Waals surface area contributed by atoms with Gasteiger partial charge in [-0.2, -0.15) is 5.10 Å². The topological polar surface area (TPSA) is 78.7 Å². The number of rotatable bonds is 6. The lowest BCUT2D eigenvalue weighted by molar-refractivity contribution is 0.517. The fraction of sp³-hybridized carbons (Fsp3) is 0.292. The normalized spacial score (nSPS) is 14.0. The number of aromatic nitrogens is 4. The van der Waals surface area contributed by atoms with Crippen LogP contribution in [0.2, 0.25) is 0 Å². The first-order chi connectivity index (χ1) is 14.8. The van der Waals surface area contributed by atoms with Crippen LogP contribution in [0.1, 0.15) is 38.2 Å². The van der Waals surface area contributed by atoms with Crippen molar-refractivity contribution < 1.29 is 4.55 Å². The third-order valence-corrected chi connectivity index (χ3v) is 6.74. The lowest BCUT2D eigenvalue weighted by atomic mass is 9.99. The molecule has 2 atom stereocenters. The highest BCUT2D eigenvalue weighted by Gasteiger charge is 2.32. The minimum absolute atomic E-state index is 0.285. The van der Waals surface area contributed by atoms with Crippen LogP contribution in [-0.4, -0.2) is 29.0 Å². The number of para-hydroxylation sites is 1. The molecule has 0 amide bonds. The highest BCUT2D eigenvalue weighted by Crippen LogP contribution is 2.33. The highest BCUT2D eigenvalue weighted by molar-refractivity contribution is 7.90. The Hall–Kier alpha value is -2.74. The molecule has 160 valence electrons. The molecular weight excluding hydrogens is 406 g/mol. The number of aryl methyl sites for hydroxylation is 1. The molecule has 3 heterocycles. The van der Waals surface area contributed by atoms with Crippen LogP contribution in [0.3, 0.4) is 0 Å². The molecule has 3 aromatic heterocycles. The maximum Gasteiger partial charge on any atom is 0.136 e. The zero-order valence-electron chi connectivity index (χ0n) is 18.2. The summed E-state index contributed by atoms with van der Waals surface area (Å²) < 4.78 is 17.8. The van der Waals surface area contributed by atoms with Gasteiger partial charge in [-0.05, 0) is 51.1 Å². The number of nitrogens with one attached hydrogen (secondary N) is 1. The number of hydrogen-bond acceptors (Lipinski definition) is 5. The van der Waals surface area contributed by atoms with E-state index < -0.39 is 16.1 Å². The van der Waals surface area contributed by atoms with Gasteiger partial charge in [0.05, 0.1) is 11.2 Å². The molecule has 0 aliphatic carbocycles. The first-order valence-electron chi connectivity index (χ1n) is 10.3. The van der Waals surface area contributed by atoms with Gasteiger partial charge >= 0.3 is 0 Å². The molecular formula is C24H27N5OS. The van der Waals surface area contributed by atoms with Gasteiger partial charge in [-0.25, -0.2) is 0 Å². The van der Waals surface area contributed by atoms with Crippen LogP contribution < -0.4 is 4.72 Å². The molecule has 4 aromatic rings. The Labute approximate surface area is 186 Å². The van der Waals surface area contributed by atoms with Gasteiger partial charge < -0.3 is 4.55 Å². The van der Waals surface area contributed by atoms with Gasteiger partial charge in [-0.3, -0.25) is 14.6 Å². The van der Waals surface area contributed by atoms with Crippen LogP contribution in [-0.2, 0) is 24.8 Å². The van der Waals surface area contributed by atoms with Crippen molar-refractivity contribution in [2.24, 2.45) is 7.05 Å². The van der Waals surface area contributed by atoms with Gasteiger partial charge in [0.25, 0.3) is 0 Å². The van der Waals surface area contributed by atoms with E-state index in [1.807, 2.05) is 75.0 Å². The van der Waals surface area contributed by atoms with Crippen LogP contribution in [0.4, 0.5) is 0 Å². The number of hydrogen-bond donors (Lipinski definition) is 1. The van der Waals surface area contributed by atoms with E-state index in [0.717, 1.165) is 33.5 Å². The lowest BCUT2D eigenvalue weighted by Crippen LogP contribution is -2.42. The second-order valence-electron chi connectivity index (χ2n) is 8.50. The molecule has 1 N–H and O–H groups in total. The Bertz CT molecular complexity index is 1170. The Kier molecular flexibility index (Phi) is 6.09. The summed E-state index contributed by atoms with van der Waals surface area (Å²) in [6, 6.07) is 17.7. The fourth-order valence-corrected chi connectivity index (χ4v) is 4.34. The van der Waals surface area contributed by atoms with E-state index in [1.165, 1.54) is 0 Å². The molecule has 6 nitrogen and oxygen atoms in total. The predicted molar refractivity (Wildman–Crippen MR) is 126 cm³/mol. The number of nitrogens with zero attached hydrogens (tertiary/aromatic N) is 4. The minimum Gasteiger partial charge on any atom is -0.598 e. The minimum atomic E-state index is -1.27. The molecule has 0 aliphatic rings. The van der Waals surface area contributed by atoms with Gasteiger partial charge in [0.2, 0.25) is 0 Å². The average Bonchev–Trinajstić information content (AvgIpc) is 3.10. The SMILES string of the molecule is Cn1nc(-c2cccnc2[C@H](Cc2ccccn2)N[S@@+]([O-])C(C)(C)C)c2ccccc21. The molecule has 31 heavy (non-hydrogen) atoms. The van der Waals surface area contributed by atoms with Gasteiger partial charge in [0, 0.05) is 53.9 Å². The van der Waals surface area contributed by atoms with Crippen LogP contribution in [0, 0.1) is 0 Å². The summed E-state index contributed by atoms with van der Waals surface area (Å²) in [5.41, 5.74) is 4.58. The van der Waals surface area contributed by atoms with Crippen molar-refractivity contribution in [1.82, 2.24) is 24.5 Å².